The Morgan fingerprint density at radius 1 is 1.46 bits per heavy atom. The molecule has 0 bridgehead atoms. The summed E-state index contributed by atoms with van der Waals surface area (Å²) in [6.07, 6.45) is 0.747. The van der Waals surface area contributed by atoms with Gasteiger partial charge in [0.15, 0.2) is 0 Å². The number of benzene rings is 1. The van der Waals surface area contributed by atoms with Crippen LogP contribution in [0.15, 0.2) is 24.4 Å². The van der Waals surface area contributed by atoms with Crippen LogP contribution in [0.25, 0.3) is 0 Å². The van der Waals surface area contributed by atoms with E-state index in [9.17, 15) is 14.0 Å². The third-order valence-corrected chi connectivity index (χ3v) is 4.55. The molecule has 2 aliphatic rings. The van der Waals surface area contributed by atoms with Gasteiger partial charge in [0.05, 0.1) is 42.9 Å². The van der Waals surface area contributed by atoms with Crippen LogP contribution in [-0.4, -0.2) is 41.4 Å². The number of hydrogen-bond acceptors (Lipinski definition) is 5. The third kappa shape index (κ3) is 2.96. The number of halogens is 1. The highest BCUT2D eigenvalue weighted by Crippen LogP contribution is 2.32. The number of nitrogens with one attached hydrogen (secondary N) is 2. The molecule has 0 spiro atoms. The highest BCUT2D eigenvalue weighted by molar-refractivity contribution is 5.90. The van der Waals surface area contributed by atoms with Crippen LogP contribution in [-0.2, 0) is 22.6 Å². The average molecular weight is 359 g/mol. The number of aromatic amines is 1. The molecule has 4 rings (SSSR count). The van der Waals surface area contributed by atoms with Crippen molar-refractivity contribution < 1.29 is 18.7 Å². The first-order valence-electron chi connectivity index (χ1n) is 8.29. The fourth-order valence-electron chi connectivity index (χ4n) is 3.25. The molecular formula is C17H18FN5O3. The summed E-state index contributed by atoms with van der Waals surface area (Å²) >= 11 is 0. The van der Waals surface area contributed by atoms with E-state index in [1.165, 1.54) is 17.9 Å². The molecule has 2 N–H and O–H groups in total. The Morgan fingerprint density at radius 3 is 3.04 bits per heavy atom. The zero-order valence-electron chi connectivity index (χ0n) is 14.2. The van der Waals surface area contributed by atoms with E-state index in [2.05, 4.69) is 15.5 Å². The van der Waals surface area contributed by atoms with Crippen LogP contribution in [0.4, 0.5) is 20.6 Å². The molecule has 0 radical (unpaired) electrons. The van der Waals surface area contributed by atoms with Gasteiger partial charge in [0, 0.05) is 19.0 Å². The fraction of sp³-hybridized carbons (Fsp3) is 0.353. The number of carbonyl (C=O) groups is 2. The summed E-state index contributed by atoms with van der Waals surface area (Å²) in [5.41, 5.74) is 2.94. The summed E-state index contributed by atoms with van der Waals surface area (Å²) in [4.78, 5) is 26.3. The Bertz CT molecular complexity index is 847. The number of hydrogen-bond donors (Lipinski definition) is 2. The lowest BCUT2D eigenvalue weighted by Crippen LogP contribution is -2.33. The Hall–Kier alpha value is -3.10. The third-order valence-electron chi connectivity index (χ3n) is 4.55. The van der Waals surface area contributed by atoms with Crippen LogP contribution in [0, 0.1) is 5.82 Å². The number of fused-ring (bicyclic) bond motifs is 1. The number of rotatable bonds is 4. The van der Waals surface area contributed by atoms with Crippen molar-refractivity contribution in [3.63, 3.8) is 0 Å². The van der Waals surface area contributed by atoms with Crippen molar-refractivity contribution in [3.8, 4) is 0 Å². The second-order valence-corrected chi connectivity index (χ2v) is 6.42. The van der Waals surface area contributed by atoms with Crippen molar-refractivity contribution in [1.29, 1.82) is 0 Å². The van der Waals surface area contributed by atoms with E-state index >= 15 is 0 Å². The van der Waals surface area contributed by atoms with Crippen molar-refractivity contribution >= 4 is 23.4 Å². The van der Waals surface area contributed by atoms with Crippen molar-refractivity contribution in [2.75, 3.05) is 22.9 Å². The molecule has 2 aromatic rings. The largest absolute Gasteiger partial charge is 0.442 e. The molecule has 8 nitrogen and oxygen atoms in total. The Morgan fingerprint density at radius 2 is 2.31 bits per heavy atom. The van der Waals surface area contributed by atoms with Crippen LogP contribution in [0.5, 0.6) is 0 Å². The van der Waals surface area contributed by atoms with Gasteiger partial charge in [-0.2, -0.15) is 5.10 Å². The minimum Gasteiger partial charge on any atom is -0.442 e. The van der Waals surface area contributed by atoms with Crippen LogP contribution in [0.1, 0.15) is 18.2 Å². The summed E-state index contributed by atoms with van der Waals surface area (Å²) in [5, 5.41) is 9.49. The Kier molecular flexibility index (Phi) is 3.98. The van der Waals surface area contributed by atoms with Gasteiger partial charge in [0.2, 0.25) is 5.91 Å². The van der Waals surface area contributed by atoms with Gasteiger partial charge in [0.1, 0.15) is 11.9 Å². The average Bonchev–Trinajstić information content (AvgIpc) is 3.27. The smallest absolute Gasteiger partial charge is 0.414 e. The lowest BCUT2D eigenvalue weighted by molar-refractivity contribution is -0.119. The first-order valence-corrected chi connectivity index (χ1v) is 8.29. The van der Waals surface area contributed by atoms with Crippen LogP contribution in [0.3, 0.4) is 0 Å². The van der Waals surface area contributed by atoms with Gasteiger partial charge in [-0.25, -0.2) is 9.18 Å². The summed E-state index contributed by atoms with van der Waals surface area (Å²) in [6.45, 7) is 3.05. The topological polar surface area (TPSA) is 90.6 Å². The standard InChI is InChI=1S/C17H18FN5O3/c1-10(24)19-6-13-8-23(17(25)26-13)12-2-3-16(14(18)4-12)22-7-11-5-20-21-15(11)9-22/h2-5,13H,6-9H2,1H3,(H,19,24)(H,20,21)/t13-/m0/s1. The summed E-state index contributed by atoms with van der Waals surface area (Å²) in [7, 11) is 0. The van der Waals surface area contributed by atoms with Gasteiger partial charge in [-0.1, -0.05) is 0 Å². The van der Waals surface area contributed by atoms with Crippen LogP contribution >= 0.6 is 0 Å². The van der Waals surface area contributed by atoms with Crippen molar-refractivity contribution in [3.05, 3.63) is 41.5 Å². The molecule has 1 aromatic heterocycles. The van der Waals surface area contributed by atoms with Gasteiger partial charge in [0.25, 0.3) is 0 Å². The molecular weight excluding hydrogens is 341 g/mol. The minimum atomic E-state index is -0.547. The van der Waals surface area contributed by atoms with Crippen LogP contribution in [0.2, 0.25) is 0 Å². The van der Waals surface area contributed by atoms with Crippen molar-refractivity contribution in [2.24, 2.45) is 0 Å². The predicted molar refractivity (Wildman–Crippen MR) is 91.2 cm³/mol. The number of carbonyl (C=O) groups excluding carboxylic acids is 2. The van der Waals surface area contributed by atoms with Gasteiger partial charge in [-0.05, 0) is 18.2 Å². The maximum absolute atomic E-state index is 14.7. The predicted octanol–water partition coefficient (Wildman–Crippen LogP) is 1.53. The quantitative estimate of drug-likeness (QED) is 0.864. The molecule has 9 heteroatoms. The number of nitrogens with zero attached hydrogens (tertiary/aromatic N) is 3. The highest BCUT2D eigenvalue weighted by atomic mass is 19.1. The molecule has 1 saturated heterocycles. The number of amides is 2. The first-order chi connectivity index (χ1) is 12.5. The van der Waals surface area contributed by atoms with Crippen molar-refractivity contribution in [1.82, 2.24) is 15.5 Å². The van der Waals surface area contributed by atoms with Gasteiger partial charge < -0.3 is 15.0 Å². The molecule has 0 aliphatic carbocycles. The number of ether oxygens (including phenoxy) is 1. The van der Waals surface area contributed by atoms with Gasteiger partial charge in [-0.3, -0.25) is 14.8 Å². The molecule has 1 atom stereocenters. The maximum Gasteiger partial charge on any atom is 0.414 e. The molecule has 0 saturated carbocycles. The molecule has 2 amide bonds. The Balaban J connectivity index is 1.47. The van der Waals surface area contributed by atoms with E-state index in [0.29, 0.717) is 24.5 Å². The van der Waals surface area contributed by atoms with Gasteiger partial charge >= 0.3 is 6.09 Å². The highest BCUT2D eigenvalue weighted by Gasteiger charge is 2.33. The lowest BCUT2D eigenvalue weighted by Gasteiger charge is -2.20. The molecule has 26 heavy (non-hydrogen) atoms. The SMILES string of the molecule is CC(=O)NC[C@H]1CN(c2ccc(N3Cc4cn[nH]c4C3)c(F)c2)C(=O)O1. The number of cyclic esters (lactones) is 1. The van der Waals surface area contributed by atoms with E-state index in [-0.39, 0.29) is 19.0 Å². The van der Waals surface area contributed by atoms with E-state index in [1.54, 1.807) is 18.3 Å². The molecule has 2 aliphatic heterocycles. The summed E-state index contributed by atoms with van der Waals surface area (Å²) in [6, 6.07) is 4.70. The number of anilines is 2. The minimum absolute atomic E-state index is 0.194. The molecule has 3 heterocycles. The lowest BCUT2D eigenvalue weighted by atomic mass is 10.2. The number of H-pyrrole nitrogens is 1. The molecule has 1 fully saturated rings. The first kappa shape index (κ1) is 16.4. The van der Waals surface area contributed by atoms with E-state index in [4.69, 9.17) is 4.74 Å². The molecule has 0 unspecified atom stereocenters. The Labute approximate surface area is 148 Å². The summed E-state index contributed by atoms with van der Waals surface area (Å²) in [5.74, 6) is -0.598. The second kappa shape index (κ2) is 6.32. The zero-order chi connectivity index (χ0) is 18.3. The zero-order valence-corrected chi connectivity index (χ0v) is 14.2. The maximum atomic E-state index is 14.7. The number of aromatic nitrogens is 2. The van der Waals surface area contributed by atoms with E-state index in [0.717, 1.165) is 11.3 Å². The van der Waals surface area contributed by atoms with E-state index in [1.807, 2.05) is 4.90 Å². The normalized spacial score (nSPS) is 18.8. The summed E-state index contributed by atoms with van der Waals surface area (Å²) < 4.78 is 19.9. The molecule has 1 aromatic carbocycles. The fourth-order valence-corrected chi connectivity index (χ4v) is 3.25. The monoisotopic (exact) mass is 359 g/mol. The molecule has 136 valence electrons. The van der Waals surface area contributed by atoms with Crippen LogP contribution < -0.4 is 15.1 Å². The van der Waals surface area contributed by atoms with Gasteiger partial charge in [-0.15, -0.1) is 0 Å². The van der Waals surface area contributed by atoms with E-state index < -0.39 is 18.0 Å². The second-order valence-electron chi connectivity index (χ2n) is 6.42. The van der Waals surface area contributed by atoms with Crippen molar-refractivity contribution in [2.45, 2.75) is 26.1 Å².